The summed E-state index contributed by atoms with van der Waals surface area (Å²) >= 11 is 0. The molecule has 4 N–H and O–H groups in total. The average molecular weight is 216 g/mol. The van der Waals surface area contributed by atoms with Crippen LogP contribution in [0.5, 0.6) is 0 Å². The molecule has 1 aliphatic heterocycles. The van der Waals surface area contributed by atoms with Gasteiger partial charge in [0.05, 0.1) is 6.10 Å². The average Bonchev–Trinajstić information content (AvgIpc) is 2.73. The van der Waals surface area contributed by atoms with Gasteiger partial charge < -0.3 is 20.9 Å². The van der Waals surface area contributed by atoms with Crippen molar-refractivity contribution in [3.63, 3.8) is 0 Å². The largest absolute Gasteiger partial charge is 0.396 e. The molecule has 3 atom stereocenters. The normalized spacial score (nSPS) is 27.7. The molecule has 88 valence electrons. The Labute approximate surface area is 90.0 Å². The second kappa shape index (κ2) is 6.05. The van der Waals surface area contributed by atoms with E-state index in [1.165, 1.54) is 0 Å². The fourth-order valence-electron chi connectivity index (χ4n) is 1.53. The standard InChI is InChI=1S/C10H20N2O3/c1-7(6-13)5-12-10(14)9-3-2-8(4-11)15-9/h7-9,13H,2-6,11H2,1H3,(H,12,14). The van der Waals surface area contributed by atoms with Gasteiger partial charge >= 0.3 is 0 Å². The maximum atomic E-state index is 11.6. The number of aliphatic hydroxyl groups excluding tert-OH is 1. The Bertz CT molecular complexity index is 211. The maximum Gasteiger partial charge on any atom is 0.249 e. The zero-order valence-electron chi connectivity index (χ0n) is 9.11. The number of aliphatic hydroxyl groups is 1. The first-order chi connectivity index (χ1) is 7.17. The zero-order valence-corrected chi connectivity index (χ0v) is 9.11. The summed E-state index contributed by atoms with van der Waals surface area (Å²) in [5, 5.41) is 11.5. The van der Waals surface area contributed by atoms with Gasteiger partial charge in [0.2, 0.25) is 5.91 Å². The van der Waals surface area contributed by atoms with E-state index in [1.807, 2.05) is 6.92 Å². The molecule has 0 aromatic rings. The summed E-state index contributed by atoms with van der Waals surface area (Å²) in [6.07, 6.45) is 1.26. The number of nitrogens with one attached hydrogen (secondary N) is 1. The van der Waals surface area contributed by atoms with Crippen molar-refractivity contribution in [2.75, 3.05) is 19.7 Å². The van der Waals surface area contributed by atoms with E-state index in [2.05, 4.69) is 5.32 Å². The third-order valence-corrected chi connectivity index (χ3v) is 2.60. The van der Waals surface area contributed by atoms with Crippen molar-refractivity contribution in [1.82, 2.24) is 5.32 Å². The second-order valence-electron chi connectivity index (χ2n) is 4.09. The molecule has 5 heteroatoms. The maximum absolute atomic E-state index is 11.6. The summed E-state index contributed by atoms with van der Waals surface area (Å²) in [6, 6.07) is 0. The van der Waals surface area contributed by atoms with E-state index in [0.29, 0.717) is 13.1 Å². The SMILES string of the molecule is CC(CO)CNC(=O)C1CCC(CN)O1. The molecule has 1 heterocycles. The van der Waals surface area contributed by atoms with Crippen LogP contribution in [0.1, 0.15) is 19.8 Å². The molecule has 0 radical (unpaired) electrons. The first kappa shape index (κ1) is 12.4. The van der Waals surface area contributed by atoms with E-state index >= 15 is 0 Å². The lowest BCUT2D eigenvalue weighted by Crippen LogP contribution is -2.38. The lowest BCUT2D eigenvalue weighted by Gasteiger charge is -2.14. The highest BCUT2D eigenvalue weighted by molar-refractivity contribution is 5.81. The van der Waals surface area contributed by atoms with Gasteiger partial charge in [-0.05, 0) is 18.8 Å². The van der Waals surface area contributed by atoms with Crippen LogP contribution in [0.15, 0.2) is 0 Å². The van der Waals surface area contributed by atoms with Crippen LogP contribution in [0.4, 0.5) is 0 Å². The summed E-state index contributed by atoms with van der Waals surface area (Å²) in [5.41, 5.74) is 5.45. The van der Waals surface area contributed by atoms with E-state index in [0.717, 1.165) is 12.8 Å². The summed E-state index contributed by atoms with van der Waals surface area (Å²) < 4.78 is 5.44. The molecule has 1 aliphatic rings. The second-order valence-corrected chi connectivity index (χ2v) is 4.09. The van der Waals surface area contributed by atoms with E-state index in [9.17, 15) is 4.79 Å². The lowest BCUT2D eigenvalue weighted by atomic mass is 10.1. The van der Waals surface area contributed by atoms with Gasteiger partial charge in [-0.15, -0.1) is 0 Å². The molecule has 1 rings (SSSR count). The smallest absolute Gasteiger partial charge is 0.249 e. The summed E-state index contributed by atoms with van der Waals surface area (Å²) in [6.45, 7) is 2.91. The molecule has 0 bridgehead atoms. The van der Waals surface area contributed by atoms with E-state index in [4.69, 9.17) is 15.6 Å². The molecule has 1 amide bonds. The van der Waals surface area contributed by atoms with E-state index < -0.39 is 0 Å². The Morgan fingerprint density at radius 2 is 2.40 bits per heavy atom. The number of hydrogen-bond acceptors (Lipinski definition) is 4. The van der Waals surface area contributed by atoms with Crippen LogP contribution >= 0.6 is 0 Å². The first-order valence-electron chi connectivity index (χ1n) is 5.41. The van der Waals surface area contributed by atoms with Crippen LogP contribution < -0.4 is 11.1 Å². The summed E-state index contributed by atoms with van der Waals surface area (Å²) in [5.74, 6) is -0.00749. The summed E-state index contributed by atoms with van der Waals surface area (Å²) in [4.78, 5) is 11.6. The molecule has 15 heavy (non-hydrogen) atoms. The van der Waals surface area contributed by atoms with Gasteiger partial charge in [-0.1, -0.05) is 6.92 Å². The molecule has 0 spiro atoms. The number of nitrogens with two attached hydrogens (primary N) is 1. The Hall–Kier alpha value is -0.650. The van der Waals surface area contributed by atoms with Crippen molar-refractivity contribution in [3.05, 3.63) is 0 Å². The van der Waals surface area contributed by atoms with Gasteiger partial charge in [0.25, 0.3) is 0 Å². The summed E-state index contributed by atoms with van der Waals surface area (Å²) in [7, 11) is 0. The predicted octanol–water partition coefficient (Wildman–Crippen LogP) is -0.763. The van der Waals surface area contributed by atoms with Crippen LogP contribution in [-0.4, -0.2) is 42.9 Å². The van der Waals surface area contributed by atoms with Crippen molar-refractivity contribution in [2.24, 2.45) is 11.7 Å². The predicted molar refractivity (Wildman–Crippen MR) is 56.2 cm³/mol. The third-order valence-electron chi connectivity index (χ3n) is 2.60. The topological polar surface area (TPSA) is 84.6 Å². The van der Waals surface area contributed by atoms with E-state index in [1.54, 1.807) is 0 Å². The van der Waals surface area contributed by atoms with Gasteiger partial charge in [-0.3, -0.25) is 4.79 Å². The molecule has 5 nitrogen and oxygen atoms in total. The van der Waals surface area contributed by atoms with Gasteiger partial charge in [0.15, 0.2) is 0 Å². The monoisotopic (exact) mass is 216 g/mol. The third kappa shape index (κ3) is 3.77. The highest BCUT2D eigenvalue weighted by atomic mass is 16.5. The van der Waals surface area contributed by atoms with Crippen molar-refractivity contribution < 1.29 is 14.6 Å². The van der Waals surface area contributed by atoms with Crippen LogP contribution in [0.25, 0.3) is 0 Å². The van der Waals surface area contributed by atoms with Crippen molar-refractivity contribution in [3.8, 4) is 0 Å². The quantitative estimate of drug-likeness (QED) is 0.564. The van der Waals surface area contributed by atoms with Crippen LogP contribution in [0.2, 0.25) is 0 Å². The molecular formula is C10H20N2O3. The Morgan fingerprint density at radius 1 is 1.67 bits per heavy atom. The molecule has 1 fully saturated rings. The van der Waals surface area contributed by atoms with Crippen molar-refractivity contribution in [2.45, 2.75) is 32.0 Å². The van der Waals surface area contributed by atoms with Gasteiger partial charge in [-0.2, -0.15) is 0 Å². The molecule has 0 saturated carbocycles. The number of amides is 1. The number of carbonyl (C=O) groups is 1. The molecule has 0 aromatic carbocycles. The minimum Gasteiger partial charge on any atom is -0.396 e. The number of rotatable bonds is 5. The molecule has 0 aliphatic carbocycles. The highest BCUT2D eigenvalue weighted by Gasteiger charge is 2.29. The zero-order chi connectivity index (χ0) is 11.3. The van der Waals surface area contributed by atoms with Crippen LogP contribution in [0, 0.1) is 5.92 Å². The van der Waals surface area contributed by atoms with Crippen molar-refractivity contribution >= 4 is 5.91 Å². The Balaban J connectivity index is 2.23. The Kier molecular flexibility index (Phi) is 5.01. The van der Waals surface area contributed by atoms with Gasteiger partial charge in [0.1, 0.15) is 6.10 Å². The fraction of sp³-hybridized carbons (Fsp3) is 0.900. The van der Waals surface area contributed by atoms with Crippen LogP contribution in [-0.2, 0) is 9.53 Å². The van der Waals surface area contributed by atoms with Gasteiger partial charge in [-0.25, -0.2) is 0 Å². The molecule has 3 unspecified atom stereocenters. The first-order valence-corrected chi connectivity index (χ1v) is 5.41. The minimum absolute atomic E-state index is 0.0241. The van der Waals surface area contributed by atoms with Gasteiger partial charge in [0, 0.05) is 19.7 Å². The lowest BCUT2D eigenvalue weighted by molar-refractivity contribution is -0.132. The number of carbonyl (C=O) groups excluding carboxylic acids is 1. The minimum atomic E-state index is -0.357. The molecule has 1 saturated heterocycles. The highest BCUT2D eigenvalue weighted by Crippen LogP contribution is 2.18. The fourth-order valence-corrected chi connectivity index (χ4v) is 1.53. The molecular weight excluding hydrogens is 196 g/mol. The Morgan fingerprint density at radius 3 is 2.93 bits per heavy atom. The number of hydrogen-bond donors (Lipinski definition) is 3. The van der Waals surface area contributed by atoms with E-state index in [-0.39, 0.29) is 30.6 Å². The van der Waals surface area contributed by atoms with Crippen LogP contribution in [0.3, 0.4) is 0 Å². The molecule has 0 aromatic heterocycles. The number of ether oxygens (including phenoxy) is 1. The van der Waals surface area contributed by atoms with Crippen molar-refractivity contribution in [1.29, 1.82) is 0 Å².